The van der Waals surface area contributed by atoms with Crippen LogP contribution in [0.3, 0.4) is 0 Å². The Balaban J connectivity index is 2.12. The van der Waals surface area contributed by atoms with Gasteiger partial charge in [-0.05, 0) is 25.1 Å². The number of hydrogen-bond donors (Lipinski definition) is 2. The van der Waals surface area contributed by atoms with Crippen LogP contribution in [-0.4, -0.2) is 41.8 Å². The molecule has 1 aromatic carbocycles. The number of nitrogens with zero attached hydrogens (tertiary/aromatic N) is 1. The highest BCUT2D eigenvalue weighted by Gasteiger charge is 2.66. The number of benzene rings is 1. The van der Waals surface area contributed by atoms with Gasteiger partial charge in [0.25, 0.3) is 18.2 Å². The zero-order chi connectivity index (χ0) is 26.3. The van der Waals surface area contributed by atoms with Crippen LogP contribution in [0.15, 0.2) is 30.5 Å². The molecule has 35 heavy (non-hydrogen) atoms. The predicted octanol–water partition coefficient (Wildman–Crippen LogP) is 4.34. The molecule has 0 unspecified atom stereocenters. The summed E-state index contributed by atoms with van der Waals surface area (Å²) in [5, 5.41) is 2.33. The van der Waals surface area contributed by atoms with Gasteiger partial charge in [-0.3, -0.25) is 14.6 Å². The van der Waals surface area contributed by atoms with E-state index in [-0.39, 0.29) is 16.9 Å². The van der Waals surface area contributed by atoms with E-state index in [9.17, 15) is 35.9 Å². The molecule has 0 aliphatic carbocycles. The fourth-order valence-electron chi connectivity index (χ4n) is 4.17. The number of carbonyl (C=O) groups is 2. The van der Waals surface area contributed by atoms with Crippen molar-refractivity contribution in [2.45, 2.75) is 44.1 Å². The number of rotatable bonds is 6. The zero-order valence-electron chi connectivity index (χ0n) is 18.6. The highest BCUT2D eigenvalue weighted by molar-refractivity contribution is 5.97. The molecular formula is C22H21F6N3O4. The molecule has 1 saturated heterocycles. The van der Waals surface area contributed by atoms with Crippen molar-refractivity contribution in [2.75, 3.05) is 12.4 Å². The number of pyridine rings is 1. The summed E-state index contributed by atoms with van der Waals surface area (Å²) in [5.41, 5.74) is 0.654. The molecule has 1 aliphatic rings. The molecule has 0 bridgehead atoms. The van der Waals surface area contributed by atoms with Crippen molar-refractivity contribution in [3.63, 3.8) is 0 Å². The first-order chi connectivity index (χ1) is 16.2. The van der Waals surface area contributed by atoms with Gasteiger partial charge >= 0.3 is 6.18 Å². The third kappa shape index (κ3) is 4.64. The average molecular weight is 505 g/mol. The average Bonchev–Trinajstić information content (AvgIpc) is 3.05. The van der Waals surface area contributed by atoms with E-state index in [0.717, 1.165) is 39.3 Å². The third-order valence-electron chi connectivity index (χ3n) is 6.16. The predicted molar refractivity (Wildman–Crippen MR) is 111 cm³/mol. The quantitative estimate of drug-likeness (QED) is 0.569. The molecule has 1 fully saturated rings. The molecule has 2 heterocycles. The van der Waals surface area contributed by atoms with Gasteiger partial charge in [0.1, 0.15) is 23.4 Å². The first-order valence-corrected chi connectivity index (χ1v) is 10.2. The highest BCUT2D eigenvalue weighted by atomic mass is 19.4. The number of aromatic nitrogens is 1. The summed E-state index contributed by atoms with van der Waals surface area (Å²) in [6.45, 7) is 1.88. The van der Waals surface area contributed by atoms with E-state index in [4.69, 9.17) is 15.2 Å². The van der Waals surface area contributed by atoms with E-state index < -0.39 is 65.1 Å². The normalized spacial score (nSPS) is 24.5. The van der Waals surface area contributed by atoms with Gasteiger partial charge in [-0.1, -0.05) is 13.0 Å². The highest BCUT2D eigenvalue weighted by Crippen LogP contribution is 2.55. The summed E-state index contributed by atoms with van der Waals surface area (Å²) in [7, 11) is 0.963. The Morgan fingerprint density at radius 2 is 1.91 bits per heavy atom. The van der Waals surface area contributed by atoms with Gasteiger partial charge in [0.15, 0.2) is 5.60 Å². The summed E-state index contributed by atoms with van der Waals surface area (Å²) in [6.07, 6.45) is -9.00. The van der Waals surface area contributed by atoms with E-state index in [0.29, 0.717) is 6.07 Å². The SMILES string of the molecule is COc1c([C@@H]2[C@@H](C(=O)Nc3ccnc(C(N)=O)c3)O[C@@](C)(C(F)(F)F)[C@@H]2C)ccc(F)c1C(F)F. The summed E-state index contributed by atoms with van der Waals surface area (Å²) in [6, 6.07) is 4.02. The fraction of sp³-hybridized carbons (Fsp3) is 0.409. The van der Waals surface area contributed by atoms with Crippen LogP contribution in [0.25, 0.3) is 0 Å². The molecule has 13 heteroatoms. The Hall–Kier alpha value is -3.35. The topological polar surface area (TPSA) is 104 Å². The number of carbonyl (C=O) groups excluding carboxylic acids is 2. The molecule has 0 spiro atoms. The fourth-order valence-corrected chi connectivity index (χ4v) is 4.17. The second-order valence-electron chi connectivity index (χ2n) is 8.13. The zero-order valence-corrected chi connectivity index (χ0v) is 18.6. The van der Waals surface area contributed by atoms with Crippen molar-refractivity contribution in [2.24, 2.45) is 11.7 Å². The maximum atomic E-state index is 14.1. The summed E-state index contributed by atoms with van der Waals surface area (Å²) in [5.74, 6) is -6.92. The van der Waals surface area contributed by atoms with Crippen molar-refractivity contribution in [3.05, 3.63) is 53.1 Å². The Morgan fingerprint density at radius 3 is 2.46 bits per heavy atom. The number of halogens is 6. The van der Waals surface area contributed by atoms with Crippen LogP contribution in [0.5, 0.6) is 5.75 Å². The maximum Gasteiger partial charge on any atom is 0.417 e. The largest absolute Gasteiger partial charge is 0.496 e. The molecule has 0 saturated carbocycles. The number of anilines is 1. The molecule has 1 aliphatic heterocycles. The van der Waals surface area contributed by atoms with E-state index in [2.05, 4.69) is 10.3 Å². The van der Waals surface area contributed by atoms with Gasteiger partial charge in [-0.15, -0.1) is 0 Å². The number of hydrogen-bond acceptors (Lipinski definition) is 5. The summed E-state index contributed by atoms with van der Waals surface area (Å²) < 4.78 is 93.6. The van der Waals surface area contributed by atoms with Crippen molar-refractivity contribution in [1.82, 2.24) is 4.98 Å². The number of primary amides is 1. The first kappa shape index (κ1) is 26.3. The second-order valence-corrected chi connectivity index (χ2v) is 8.13. The van der Waals surface area contributed by atoms with Crippen LogP contribution in [-0.2, 0) is 9.53 Å². The van der Waals surface area contributed by atoms with Crippen LogP contribution in [0.4, 0.5) is 32.0 Å². The van der Waals surface area contributed by atoms with Gasteiger partial charge in [0.2, 0.25) is 0 Å². The lowest BCUT2D eigenvalue weighted by Gasteiger charge is -2.32. The Bertz CT molecular complexity index is 1140. The standard InChI is InChI=1S/C22H21F6N3O4/c1-9-14(11-4-5-12(23)15(18(24)25)16(11)34-3)17(35-21(9,2)22(26,27)28)20(33)31-10-6-7-30-13(8-10)19(29)32/h4-9,14,17-18H,1-3H3,(H2,29,32)(H,30,31,33)/t9-,14-,17+,21-/m1/s1. The molecular weight excluding hydrogens is 484 g/mol. The van der Waals surface area contributed by atoms with Gasteiger partial charge in [-0.25, -0.2) is 13.2 Å². The number of methoxy groups -OCH3 is 1. The molecule has 0 radical (unpaired) electrons. The van der Waals surface area contributed by atoms with Crippen LogP contribution in [0.1, 0.15) is 47.8 Å². The van der Waals surface area contributed by atoms with Crippen molar-refractivity contribution >= 4 is 17.5 Å². The molecule has 190 valence electrons. The van der Waals surface area contributed by atoms with Crippen molar-refractivity contribution < 1.29 is 45.4 Å². The number of alkyl halides is 5. The van der Waals surface area contributed by atoms with Crippen molar-refractivity contribution in [3.8, 4) is 5.75 Å². The summed E-state index contributed by atoms with van der Waals surface area (Å²) >= 11 is 0. The minimum atomic E-state index is -4.95. The van der Waals surface area contributed by atoms with Crippen LogP contribution < -0.4 is 15.8 Å². The Morgan fingerprint density at radius 1 is 1.26 bits per heavy atom. The monoisotopic (exact) mass is 505 g/mol. The van der Waals surface area contributed by atoms with Crippen molar-refractivity contribution in [1.29, 1.82) is 0 Å². The number of amides is 2. The lowest BCUT2D eigenvalue weighted by molar-refractivity contribution is -0.272. The first-order valence-electron chi connectivity index (χ1n) is 10.2. The van der Waals surface area contributed by atoms with E-state index in [1.165, 1.54) is 6.07 Å². The second kappa shape index (κ2) is 9.36. The van der Waals surface area contributed by atoms with E-state index >= 15 is 0 Å². The number of nitrogens with two attached hydrogens (primary N) is 1. The minimum absolute atomic E-state index is 0.0197. The smallest absolute Gasteiger partial charge is 0.417 e. The lowest BCUT2D eigenvalue weighted by Crippen LogP contribution is -2.47. The molecule has 3 rings (SSSR count). The molecule has 7 nitrogen and oxygen atoms in total. The molecule has 4 atom stereocenters. The number of nitrogens with one attached hydrogen (secondary N) is 1. The summed E-state index contributed by atoms with van der Waals surface area (Å²) in [4.78, 5) is 28.2. The molecule has 2 amide bonds. The van der Waals surface area contributed by atoms with E-state index in [1.54, 1.807) is 0 Å². The van der Waals surface area contributed by atoms with Gasteiger partial charge in [0, 0.05) is 29.3 Å². The van der Waals surface area contributed by atoms with Gasteiger partial charge in [0.05, 0.1) is 12.7 Å². The van der Waals surface area contributed by atoms with E-state index in [1.807, 2.05) is 0 Å². The third-order valence-corrected chi connectivity index (χ3v) is 6.16. The van der Waals surface area contributed by atoms with Gasteiger partial charge in [-0.2, -0.15) is 13.2 Å². The number of ether oxygens (including phenoxy) is 2. The molecule has 2 aromatic rings. The lowest BCUT2D eigenvalue weighted by atomic mass is 9.76. The molecule has 1 aromatic heterocycles. The Labute approximate surface area is 195 Å². The van der Waals surface area contributed by atoms with Gasteiger partial charge < -0.3 is 20.5 Å². The Kier molecular flexibility index (Phi) is 7.02. The van der Waals surface area contributed by atoms with Crippen LogP contribution >= 0.6 is 0 Å². The maximum absolute atomic E-state index is 14.1. The van der Waals surface area contributed by atoms with Crippen LogP contribution in [0.2, 0.25) is 0 Å². The minimum Gasteiger partial charge on any atom is -0.496 e. The van der Waals surface area contributed by atoms with Crippen LogP contribution in [0, 0.1) is 11.7 Å². The molecule has 3 N–H and O–H groups in total.